The molecule has 0 fully saturated rings. The Balaban J connectivity index is 1.81. The predicted octanol–water partition coefficient (Wildman–Crippen LogP) is 5.18. The van der Waals surface area contributed by atoms with Gasteiger partial charge in [0.15, 0.2) is 9.84 Å². The van der Waals surface area contributed by atoms with Gasteiger partial charge in [0.2, 0.25) is 0 Å². The van der Waals surface area contributed by atoms with Crippen LogP contribution < -0.4 is 5.32 Å². The zero-order chi connectivity index (χ0) is 21.9. The number of hydrogen-bond acceptors (Lipinski definition) is 4. The Labute approximate surface area is 182 Å². The SMILES string of the molecule is CC(C)(C)c1ccc(C(=O)NC[C@H](c2ccco2)S(=O)(=O)c2ccc(Cl)cc2)cc1. The lowest BCUT2D eigenvalue weighted by Crippen LogP contribution is -2.31. The van der Waals surface area contributed by atoms with E-state index in [0.717, 1.165) is 5.56 Å². The van der Waals surface area contributed by atoms with Crippen molar-refractivity contribution in [2.24, 2.45) is 0 Å². The van der Waals surface area contributed by atoms with Gasteiger partial charge in [0.1, 0.15) is 11.0 Å². The molecule has 3 aromatic rings. The molecule has 1 amide bonds. The van der Waals surface area contributed by atoms with Gasteiger partial charge in [0, 0.05) is 17.1 Å². The number of furan rings is 1. The third kappa shape index (κ3) is 4.94. The molecule has 0 unspecified atom stereocenters. The highest BCUT2D eigenvalue weighted by Gasteiger charge is 2.32. The highest BCUT2D eigenvalue weighted by atomic mass is 35.5. The summed E-state index contributed by atoms with van der Waals surface area (Å²) < 4.78 is 31.7. The van der Waals surface area contributed by atoms with E-state index in [1.807, 2.05) is 12.1 Å². The fourth-order valence-corrected chi connectivity index (χ4v) is 4.75. The van der Waals surface area contributed by atoms with E-state index >= 15 is 0 Å². The van der Waals surface area contributed by atoms with Crippen molar-refractivity contribution < 1.29 is 17.6 Å². The third-order valence-electron chi connectivity index (χ3n) is 4.84. The van der Waals surface area contributed by atoms with Crippen LogP contribution in [0.5, 0.6) is 0 Å². The highest BCUT2D eigenvalue weighted by molar-refractivity contribution is 7.91. The van der Waals surface area contributed by atoms with Gasteiger partial charge in [0.25, 0.3) is 5.91 Å². The molecule has 3 rings (SSSR count). The van der Waals surface area contributed by atoms with Crippen molar-refractivity contribution in [2.45, 2.75) is 36.3 Å². The van der Waals surface area contributed by atoms with E-state index in [1.165, 1.54) is 30.5 Å². The van der Waals surface area contributed by atoms with Crippen LogP contribution in [0.2, 0.25) is 5.02 Å². The van der Waals surface area contributed by atoms with Gasteiger partial charge in [-0.2, -0.15) is 0 Å². The van der Waals surface area contributed by atoms with Gasteiger partial charge < -0.3 is 9.73 Å². The number of rotatable bonds is 6. The third-order valence-corrected chi connectivity index (χ3v) is 7.17. The van der Waals surface area contributed by atoms with Crippen LogP contribution in [0.3, 0.4) is 0 Å². The summed E-state index contributed by atoms with van der Waals surface area (Å²) >= 11 is 5.88. The molecule has 30 heavy (non-hydrogen) atoms. The van der Waals surface area contributed by atoms with Crippen molar-refractivity contribution in [3.8, 4) is 0 Å². The topological polar surface area (TPSA) is 76.4 Å². The summed E-state index contributed by atoms with van der Waals surface area (Å²) in [6.45, 7) is 6.16. The van der Waals surface area contributed by atoms with Crippen LogP contribution in [0.4, 0.5) is 0 Å². The molecule has 0 radical (unpaired) electrons. The molecule has 1 aromatic heterocycles. The van der Waals surface area contributed by atoms with E-state index in [0.29, 0.717) is 10.6 Å². The summed E-state index contributed by atoms with van der Waals surface area (Å²) in [4.78, 5) is 12.7. The van der Waals surface area contributed by atoms with Crippen LogP contribution in [0.15, 0.2) is 76.2 Å². The number of benzene rings is 2. The second-order valence-electron chi connectivity index (χ2n) is 8.04. The second-order valence-corrected chi connectivity index (χ2v) is 10.6. The first-order valence-corrected chi connectivity index (χ1v) is 11.4. The molecule has 0 saturated heterocycles. The molecule has 0 bridgehead atoms. The average Bonchev–Trinajstić information content (AvgIpc) is 3.22. The number of carbonyl (C=O) groups is 1. The molecule has 0 saturated carbocycles. The van der Waals surface area contributed by atoms with E-state index < -0.39 is 15.1 Å². The van der Waals surface area contributed by atoms with E-state index in [9.17, 15) is 13.2 Å². The van der Waals surface area contributed by atoms with Crippen LogP contribution >= 0.6 is 11.6 Å². The average molecular weight is 446 g/mol. The number of hydrogen-bond donors (Lipinski definition) is 1. The summed E-state index contributed by atoms with van der Waals surface area (Å²) in [5, 5.41) is 2.11. The number of nitrogens with one attached hydrogen (secondary N) is 1. The Kier molecular flexibility index (Phi) is 6.38. The number of halogens is 1. The van der Waals surface area contributed by atoms with Crippen LogP contribution in [0, 0.1) is 0 Å². The summed E-state index contributed by atoms with van der Waals surface area (Å²) in [7, 11) is -3.81. The summed E-state index contributed by atoms with van der Waals surface area (Å²) in [6, 6.07) is 16.4. The molecular formula is C23H24ClNO4S. The Hall–Kier alpha value is -2.57. The van der Waals surface area contributed by atoms with E-state index in [2.05, 4.69) is 26.1 Å². The minimum absolute atomic E-state index is 0.0218. The predicted molar refractivity (Wildman–Crippen MR) is 118 cm³/mol. The molecular weight excluding hydrogens is 422 g/mol. The minimum atomic E-state index is -3.81. The van der Waals surface area contributed by atoms with Crippen LogP contribution in [0.1, 0.15) is 47.7 Å². The zero-order valence-electron chi connectivity index (χ0n) is 17.1. The fourth-order valence-electron chi connectivity index (χ4n) is 3.04. The molecule has 1 atom stereocenters. The maximum absolute atomic E-state index is 13.2. The molecule has 2 aromatic carbocycles. The van der Waals surface area contributed by atoms with Crippen LogP contribution in [-0.4, -0.2) is 20.9 Å². The Morgan fingerprint density at radius 2 is 1.67 bits per heavy atom. The molecule has 5 nitrogen and oxygen atoms in total. The summed E-state index contributed by atoms with van der Waals surface area (Å²) in [6.07, 6.45) is 1.41. The molecule has 0 aliphatic heterocycles. The van der Waals surface area contributed by atoms with Crippen molar-refractivity contribution in [2.75, 3.05) is 6.54 Å². The van der Waals surface area contributed by atoms with Gasteiger partial charge in [0.05, 0.1) is 11.2 Å². The molecule has 1 N–H and O–H groups in total. The van der Waals surface area contributed by atoms with Crippen molar-refractivity contribution in [3.05, 3.63) is 88.8 Å². The van der Waals surface area contributed by atoms with E-state index in [-0.39, 0.29) is 28.5 Å². The van der Waals surface area contributed by atoms with Crippen molar-refractivity contribution in [3.63, 3.8) is 0 Å². The van der Waals surface area contributed by atoms with Gasteiger partial charge >= 0.3 is 0 Å². The monoisotopic (exact) mass is 445 g/mol. The fraction of sp³-hybridized carbons (Fsp3) is 0.261. The first-order chi connectivity index (χ1) is 14.1. The zero-order valence-corrected chi connectivity index (χ0v) is 18.6. The Morgan fingerprint density at radius 1 is 1.03 bits per heavy atom. The lowest BCUT2D eigenvalue weighted by Gasteiger charge is -2.19. The maximum atomic E-state index is 13.2. The van der Waals surface area contributed by atoms with Gasteiger partial charge in [-0.15, -0.1) is 0 Å². The van der Waals surface area contributed by atoms with E-state index in [1.54, 1.807) is 24.3 Å². The van der Waals surface area contributed by atoms with E-state index in [4.69, 9.17) is 16.0 Å². The first-order valence-electron chi connectivity index (χ1n) is 9.50. The highest BCUT2D eigenvalue weighted by Crippen LogP contribution is 2.30. The standard InChI is InChI=1S/C23H24ClNO4S/c1-23(2,3)17-8-6-16(7-9-17)22(26)25-15-21(20-5-4-14-29-20)30(27,28)19-12-10-18(24)11-13-19/h4-14,21H,15H2,1-3H3,(H,25,26)/t21-/m1/s1. The van der Waals surface area contributed by atoms with Crippen molar-refractivity contribution in [1.29, 1.82) is 0 Å². The Morgan fingerprint density at radius 3 is 2.20 bits per heavy atom. The minimum Gasteiger partial charge on any atom is -0.468 e. The lowest BCUT2D eigenvalue weighted by molar-refractivity contribution is 0.0953. The smallest absolute Gasteiger partial charge is 0.251 e. The lowest BCUT2D eigenvalue weighted by atomic mass is 9.87. The molecule has 0 spiro atoms. The first kappa shape index (κ1) is 22.1. The largest absolute Gasteiger partial charge is 0.468 e. The Bertz CT molecular complexity index is 1100. The van der Waals surface area contributed by atoms with Crippen LogP contribution in [-0.2, 0) is 15.3 Å². The van der Waals surface area contributed by atoms with Gasteiger partial charge in [-0.3, -0.25) is 4.79 Å². The van der Waals surface area contributed by atoms with Gasteiger partial charge in [-0.05, 0) is 59.5 Å². The van der Waals surface area contributed by atoms with Gasteiger partial charge in [-0.25, -0.2) is 8.42 Å². The van der Waals surface area contributed by atoms with Crippen molar-refractivity contribution >= 4 is 27.3 Å². The molecule has 1 heterocycles. The molecule has 7 heteroatoms. The quantitative estimate of drug-likeness (QED) is 0.567. The number of sulfone groups is 1. The van der Waals surface area contributed by atoms with Crippen molar-refractivity contribution in [1.82, 2.24) is 5.32 Å². The normalized spacial score (nSPS) is 13.1. The molecule has 158 valence electrons. The molecule has 0 aliphatic rings. The van der Waals surface area contributed by atoms with Gasteiger partial charge in [-0.1, -0.05) is 44.5 Å². The maximum Gasteiger partial charge on any atom is 0.251 e. The molecule has 0 aliphatic carbocycles. The second kappa shape index (κ2) is 8.66. The summed E-state index contributed by atoms with van der Waals surface area (Å²) in [5.74, 6) is -0.0911. The summed E-state index contributed by atoms with van der Waals surface area (Å²) in [5.41, 5.74) is 1.55. The number of carbonyl (C=O) groups excluding carboxylic acids is 1. The van der Waals surface area contributed by atoms with Crippen LogP contribution in [0.25, 0.3) is 0 Å². The number of amides is 1.